The predicted molar refractivity (Wildman–Crippen MR) is 93.4 cm³/mol. The van der Waals surface area contributed by atoms with Crippen LogP contribution in [0.4, 0.5) is 8.78 Å². The Labute approximate surface area is 148 Å². The van der Waals surface area contributed by atoms with Gasteiger partial charge in [0, 0.05) is 5.41 Å². The maximum atomic E-state index is 15.0. The highest BCUT2D eigenvalue weighted by atomic mass is 19.3. The van der Waals surface area contributed by atoms with Crippen LogP contribution in [-0.2, 0) is 4.79 Å². The Bertz CT molecular complexity index is 618. The van der Waals surface area contributed by atoms with Gasteiger partial charge in [-0.05, 0) is 62.3 Å². The van der Waals surface area contributed by atoms with Crippen LogP contribution >= 0.6 is 0 Å². The Hall–Kier alpha value is -1.29. The molecular weight excluding hydrogens is 322 g/mol. The van der Waals surface area contributed by atoms with Crippen LogP contribution in [0.2, 0.25) is 0 Å². The topological polar surface area (TPSA) is 37.3 Å². The molecule has 138 valence electrons. The van der Waals surface area contributed by atoms with Gasteiger partial charge in [0.2, 0.25) is 5.78 Å². The maximum absolute atomic E-state index is 15.0. The second kappa shape index (κ2) is 6.46. The normalized spacial score (nSPS) is 33.8. The van der Waals surface area contributed by atoms with Crippen LogP contribution in [0, 0.1) is 30.1 Å². The molecule has 2 nitrogen and oxygen atoms in total. The summed E-state index contributed by atoms with van der Waals surface area (Å²) in [6, 6.07) is 6.32. The summed E-state index contributed by atoms with van der Waals surface area (Å²) in [4.78, 5) is 13.0. The van der Waals surface area contributed by atoms with E-state index in [9.17, 15) is 9.90 Å². The summed E-state index contributed by atoms with van der Waals surface area (Å²) < 4.78 is 30.0. The molecule has 3 rings (SSSR count). The number of Topliss-reactive ketones (excluding diaryl/α,β-unsaturated/α-hetero) is 1. The number of benzene rings is 1. The number of hydrogen-bond acceptors (Lipinski definition) is 2. The van der Waals surface area contributed by atoms with Crippen molar-refractivity contribution >= 4 is 5.78 Å². The van der Waals surface area contributed by atoms with Gasteiger partial charge in [0.25, 0.3) is 0 Å². The summed E-state index contributed by atoms with van der Waals surface area (Å²) >= 11 is 0. The lowest BCUT2D eigenvalue weighted by Gasteiger charge is -2.50. The molecular formula is C21H28F2O2. The van der Waals surface area contributed by atoms with Gasteiger partial charge >= 0.3 is 5.92 Å². The van der Waals surface area contributed by atoms with Gasteiger partial charge in [-0.2, -0.15) is 8.78 Å². The fourth-order valence-corrected chi connectivity index (χ4v) is 5.42. The smallest absolute Gasteiger partial charge is 0.335 e. The van der Waals surface area contributed by atoms with Gasteiger partial charge in [0.05, 0.1) is 0 Å². The van der Waals surface area contributed by atoms with Gasteiger partial charge < -0.3 is 5.11 Å². The van der Waals surface area contributed by atoms with E-state index < -0.39 is 23.2 Å². The van der Waals surface area contributed by atoms with Gasteiger partial charge in [-0.25, -0.2) is 0 Å². The highest BCUT2D eigenvalue weighted by Gasteiger charge is 2.59. The van der Waals surface area contributed by atoms with Crippen LogP contribution in [0.3, 0.4) is 0 Å². The molecule has 0 aliphatic heterocycles. The number of aryl methyl sites for hydroxylation is 1. The SMILES string of the molecule is Cc1ccc(C(O)C(F)(F)C(=O)C23CC(C)CC(CC(C)C2)C3)cc1. The first-order valence-corrected chi connectivity index (χ1v) is 9.31. The number of alkyl halides is 2. The molecule has 2 saturated carbocycles. The summed E-state index contributed by atoms with van der Waals surface area (Å²) in [7, 11) is 0. The number of halogens is 2. The summed E-state index contributed by atoms with van der Waals surface area (Å²) in [5, 5.41) is 10.3. The number of aliphatic hydroxyl groups excluding tert-OH is 1. The van der Waals surface area contributed by atoms with Crippen molar-refractivity contribution in [1.82, 2.24) is 0 Å². The zero-order valence-electron chi connectivity index (χ0n) is 15.3. The first kappa shape index (κ1) is 18.5. The molecule has 2 aliphatic carbocycles. The quantitative estimate of drug-likeness (QED) is 0.822. The van der Waals surface area contributed by atoms with Crippen LogP contribution in [0.1, 0.15) is 63.2 Å². The second-order valence-corrected chi connectivity index (χ2v) is 8.71. The molecule has 0 aromatic heterocycles. The van der Waals surface area contributed by atoms with Gasteiger partial charge in [-0.3, -0.25) is 4.79 Å². The molecule has 0 heterocycles. The minimum absolute atomic E-state index is 0.101. The first-order valence-electron chi connectivity index (χ1n) is 9.31. The van der Waals surface area contributed by atoms with E-state index in [1.807, 2.05) is 6.92 Å². The van der Waals surface area contributed by atoms with E-state index in [4.69, 9.17) is 0 Å². The zero-order chi connectivity index (χ0) is 18.4. The largest absolute Gasteiger partial charge is 0.382 e. The van der Waals surface area contributed by atoms with Crippen molar-refractivity contribution in [2.45, 2.75) is 64.9 Å². The van der Waals surface area contributed by atoms with Crippen molar-refractivity contribution in [2.75, 3.05) is 0 Å². The van der Waals surface area contributed by atoms with E-state index in [-0.39, 0.29) is 17.4 Å². The standard InChI is InChI=1S/C21H28F2O2/c1-13-4-6-17(7-5-13)18(24)21(22,23)19(25)20-10-14(2)8-16(12-20)9-15(3)11-20/h4-7,14-16,18,24H,8-12H2,1-3H3. The summed E-state index contributed by atoms with van der Waals surface area (Å²) in [6.07, 6.45) is 1.54. The molecule has 1 aromatic carbocycles. The third kappa shape index (κ3) is 3.38. The average Bonchev–Trinajstić information content (AvgIpc) is 2.52. The predicted octanol–water partition coefficient (Wildman–Crippen LogP) is 5.09. The Morgan fingerprint density at radius 2 is 1.64 bits per heavy atom. The minimum atomic E-state index is -3.76. The molecule has 4 heteroatoms. The highest BCUT2D eigenvalue weighted by molar-refractivity contribution is 5.92. The molecule has 3 unspecified atom stereocenters. The van der Waals surface area contributed by atoms with E-state index >= 15 is 8.78 Å². The number of hydrogen-bond donors (Lipinski definition) is 1. The minimum Gasteiger partial charge on any atom is -0.382 e. The number of ketones is 1. The maximum Gasteiger partial charge on any atom is 0.335 e. The van der Waals surface area contributed by atoms with Crippen LogP contribution < -0.4 is 0 Å². The van der Waals surface area contributed by atoms with E-state index in [0.29, 0.717) is 25.2 Å². The van der Waals surface area contributed by atoms with Gasteiger partial charge in [0.15, 0.2) is 6.10 Å². The summed E-state index contributed by atoms with van der Waals surface area (Å²) in [6.45, 7) is 5.96. The van der Waals surface area contributed by atoms with Crippen molar-refractivity contribution in [3.05, 3.63) is 35.4 Å². The van der Waals surface area contributed by atoms with E-state index in [1.165, 1.54) is 12.1 Å². The molecule has 0 spiro atoms. The molecule has 0 amide bonds. The average molecular weight is 350 g/mol. The van der Waals surface area contributed by atoms with Crippen LogP contribution in [0.15, 0.2) is 24.3 Å². The Kier molecular flexibility index (Phi) is 4.78. The molecule has 2 aliphatic rings. The molecule has 3 atom stereocenters. The Morgan fingerprint density at radius 1 is 1.12 bits per heavy atom. The molecule has 0 saturated heterocycles. The molecule has 1 N–H and O–H groups in total. The number of carbonyl (C=O) groups is 1. The molecule has 2 bridgehead atoms. The lowest BCUT2D eigenvalue weighted by Crippen LogP contribution is -2.52. The van der Waals surface area contributed by atoms with Crippen molar-refractivity contribution in [1.29, 1.82) is 0 Å². The number of carbonyl (C=O) groups excluding carboxylic acids is 1. The van der Waals surface area contributed by atoms with E-state index in [2.05, 4.69) is 13.8 Å². The third-order valence-electron chi connectivity index (χ3n) is 6.15. The third-order valence-corrected chi connectivity index (χ3v) is 6.15. The van der Waals surface area contributed by atoms with Crippen molar-refractivity contribution < 1.29 is 18.7 Å². The molecule has 0 radical (unpaired) electrons. The molecule has 25 heavy (non-hydrogen) atoms. The highest BCUT2D eigenvalue weighted by Crippen LogP contribution is 2.56. The second-order valence-electron chi connectivity index (χ2n) is 8.71. The summed E-state index contributed by atoms with van der Waals surface area (Å²) in [5.74, 6) is -3.89. The fourth-order valence-electron chi connectivity index (χ4n) is 5.42. The number of aliphatic hydroxyl groups is 1. The van der Waals surface area contributed by atoms with Crippen LogP contribution in [0.25, 0.3) is 0 Å². The van der Waals surface area contributed by atoms with Crippen molar-refractivity contribution in [2.24, 2.45) is 23.2 Å². The van der Waals surface area contributed by atoms with Crippen molar-refractivity contribution in [3.8, 4) is 0 Å². The van der Waals surface area contributed by atoms with Crippen LogP contribution in [0.5, 0.6) is 0 Å². The van der Waals surface area contributed by atoms with Gasteiger partial charge in [0.1, 0.15) is 0 Å². The Balaban J connectivity index is 1.90. The van der Waals surface area contributed by atoms with E-state index in [0.717, 1.165) is 18.4 Å². The first-order chi connectivity index (χ1) is 11.6. The number of fused-ring (bicyclic) bond motifs is 2. The van der Waals surface area contributed by atoms with Crippen LogP contribution in [-0.4, -0.2) is 16.8 Å². The fraction of sp³-hybridized carbons (Fsp3) is 0.667. The monoisotopic (exact) mass is 350 g/mol. The lowest BCUT2D eigenvalue weighted by atomic mass is 9.54. The molecule has 1 aromatic rings. The van der Waals surface area contributed by atoms with E-state index in [1.54, 1.807) is 12.1 Å². The van der Waals surface area contributed by atoms with Gasteiger partial charge in [-0.15, -0.1) is 0 Å². The Morgan fingerprint density at radius 3 is 2.16 bits per heavy atom. The molecule has 2 fully saturated rings. The zero-order valence-corrected chi connectivity index (χ0v) is 15.3. The van der Waals surface area contributed by atoms with Gasteiger partial charge in [-0.1, -0.05) is 43.7 Å². The summed E-state index contributed by atoms with van der Waals surface area (Å²) in [5.41, 5.74) is 0.0497. The van der Waals surface area contributed by atoms with Crippen molar-refractivity contribution in [3.63, 3.8) is 0 Å². The lowest BCUT2D eigenvalue weighted by molar-refractivity contribution is -0.180. The number of rotatable bonds is 4.